The summed E-state index contributed by atoms with van der Waals surface area (Å²) >= 11 is 0. The van der Waals surface area contributed by atoms with Crippen molar-refractivity contribution in [3.63, 3.8) is 0 Å². The quantitative estimate of drug-likeness (QED) is 0.362. The fraction of sp³-hybridized carbons (Fsp3) is 0.667. The Morgan fingerprint density at radius 2 is 1.41 bits per heavy atom. The summed E-state index contributed by atoms with van der Waals surface area (Å²) in [6.45, 7) is 16.2. The van der Waals surface area contributed by atoms with E-state index >= 15 is 0 Å². The van der Waals surface area contributed by atoms with Crippen LogP contribution in [0.25, 0.3) is 0 Å². The Balaban J connectivity index is 0.000000158. The molecule has 4 fully saturated rings. The molecule has 0 saturated heterocycles. The number of benzene rings is 1. The van der Waals surface area contributed by atoms with Gasteiger partial charge in [-0.25, -0.2) is 0 Å². The molecule has 6 aliphatic carbocycles. The Morgan fingerprint density at radius 3 is 1.95 bits per heavy atom. The Kier molecular flexibility index (Phi) is 5.68. The van der Waals surface area contributed by atoms with E-state index in [0.717, 1.165) is 24.2 Å². The Hall–Kier alpha value is -2.16. The zero-order chi connectivity index (χ0) is 28.2. The Labute approximate surface area is 235 Å². The molecule has 0 aromatic heterocycles. The summed E-state index contributed by atoms with van der Waals surface area (Å²) < 4.78 is 5.41. The summed E-state index contributed by atoms with van der Waals surface area (Å²) in [6, 6.07) is 6.31. The second-order valence-electron chi connectivity index (χ2n) is 15.6. The van der Waals surface area contributed by atoms with E-state index in [2.05, 4.69) is 84.9 Å². The smallest absolute Gasteiger partial charge is 0.148 e. The van der Waals surface area contributed by atoms with Crippen molar-refractivity contribution < 1.29 is 14.3 Å². The summed E-state index contributed by atoms with van der Waals surface area (Å²) in [5.41, 5.74) is 3.30. The third-order valence-electron chi connectivity index (χ3n) is 13.2. The van der Waals surface area contributed by atoms with Crippen LogP contribution in [-0.4, -0.2) is 18.7 Å². The van der Waals surface area contributed by atoms with Gasteiger partial charge >= 0.3 is 0 Å². The molecule has 7 rings (SSSR count). The van der Waals surface area contributed by atoms with Crippen molar-refractivity contribution in [3.8, 4) is 5.75 Å². The van der Waals surface area contributed by atoms with Gasteiger partial charge in [-0.05, 0) is 71.5 Å². The molecule has 3 nitrogen and oxygen atoms in total. The van der Waals surface area contributed by atoms with E-state index in [4.69, 9.17) is 4.74 Å². The van der Waals surface area contributed by atoms with Gasteiger partial charge in [-0.2, -0.15) is 0 Å². The van der Waals surface area contributed by atoms with Gasteiger partial charge in [0.2, 0.25) is 0 Å². The highest BCUT2D eigenvalue weighted by molar-refractivity contribution is 5.96. The minimum absolute atomic E-state index is 0.00156. The molecule has 6 aliphatic rings. The zero-order valence-electron chi connectivity index (χ0n) is 25.4. The van der Waals surface area contributed by atoms with Crippen molar-refractivity contribution in [2.45, 2.75) is 99.3 Å². The van der Waals surface area contributed by atoms with Crippen LogP contribution in [0, 0.1) is 51.2 Å². The highest BCUT2D eigenvalue weighted by atomic mass is 16.5. The number of allylic oxidation sites excluding steroid dienone is 4. The standard InChI is InChI=1S/C22H28O2.C14H20O/c1-14-13-15(7-8-17(14)24-5)18-19(23)16-9-12-22(16)20(2,3)10-6-11-21(18,22)4;1-12(2)6-4-7-13(3)9-11(15)10-5-8-14(10,12)13/h7-9,12-13,16,18H,6,10-11H2,1-5H3;5,8,10H,4,6-7,9H2,1-3H3/t16-,18-,21-,22-;10-,13-,14-/m11/s1. The largest absolute Gasteiger partial charge is 0.496 e. The lowest BCUT2D eigenvalue weighted by atomic mass is 9.41. The van der Waals surface area contributed by atoms with Crippen LogP contribution in [0.2, 0.25) is 0 Å². The minimum atomic E-state index is 0.00156. The predicted molar refractivity (Wildman–Crippen MR) is 157 cm³/mol. The van der Waals surface area contributed by atoms with Crippen LogP contribution in [0.1, 0.15) is 104 Å². The van der Waals surface area contributed by atoms with Crippen LogP contribution in [0.4, 0.5) is 0 Å². The van der Waals surface area contributed by atoms with Gasteiger partial charge in [-0.1, -0.05) is 90.8 Å². The van der Waals surface area contributed by atoms with Gasteiger partial charge in [0.15, 0.2) is 0 Å². The molecule has 2 spiro atoms. The number of hydrogen-bond acceptors (Lipinski definition) is 3. The summed E-state index contributed by atoms with van der Waals surface area (Å²) in [4.78, 5) is 25.4. The van der Waals surface area contributed by atoms with Crippen LogP contribution in [0.5, 0.6) is 5.75 Å². The molecule has 0 unspecified atom stereocenters. The van der Waals surface area contributed by atoms with Crippen molar-refractivity contribution in [2.75, 3.05) is 7.11 Å². The van der Waals surface area contributed by atoms with Crippen LogP contribution in [0.3, 0.4) is 0 Å². The van der Waals surface area contributed by atoms with E-state index in [9.17, 15) is 9.59 Å². The molecule has 0 aliphatic heterocycles. The average Bonchev–Trinajstić information content (AvgIpc) is 3.01. The molecular weight excluding hydrogens is 480 g/mol. The molecule has 4 saturated carbocycles. The number of rotatable bonds is 2. The van der Waals surface area contributed by atoms with Crippen molar-refractivity contribution in [2.24, 2.45) is 44.3 Å². The van der Waals surface area contributed by atoms with Gasteiger partial charge in [0.1, 0.15) is 17.3 Å². The molecule has 7 atom stereocenters. The van der Waals surface area contributed by atoms with Crippen molar-refractivity contribution >= 4 is 11.6 Å². The van der Waals surface area contributed by atoms with Crippen LogP contribution < -0.4 is 4.74 Å². The Morgan fingerprint density at radius 1 is 0.795 bits per heavy atom. The van der Waals surface area contributed by atoms with E-state index in [1.54, 1.807) is 7.11 Å². The van der Waals surface area contributed by atoms with Gasteiger partial charge in [0.25, 0.3) is 0 Å². The zero-order valence-corrected chi connectivity index (χ0v) is 25.4. The number of methoxy groups -OCH3 is 1. The van der Waals surface area contributed by atoms with Crippen molar-refractivity contribution in [3.05, 3.63) is 53.6 Å². The van der Waals surface area contributed by atoms with E-state index in [-0.39, 0.29) is 44.8 Å². The first-order valence-corrected chi connectivity index (χ1v) is 15.3. The molecule has 1 aromatic carbocycles. The SMILES string of the molecule is CC1(C)CCC[C@]2(C)CC(=O)[C@H]3C=C[C@@]312.COc1ccc([C@@H]2C(=O)[C@H]3C=C[C@]34C(C)(C)CCC[C@]24C)cc1C. The second-order valence-corrected chi connectivity index (χ2v) is 15.6. The lowest BCUT2D eigenvalue weighted by Crippen LogP contribution is -2.56. The highest BCUT2D eigenvalue weighted by Crippen LogP contribution is 2.77. The van der Waals surface area contributed by atoms with Crippen LogP contribution in [0.15, 0.2) is 42.5 Å². The number of Topliss-reactive ketones (excluding diaryl/α,β-unsaturated/α-hetero) is 2. The number of ketones is 2. The van der Waals surface area contributed by atoms with Crippen LogP contribution >= 0.6 is 0 Å². The first-order valence-electron chi connectivity index (χ1n) is 15.3. The van der Waals surface area contributed by atoms with Gasteiger partial charge in [-0.3, -0.25) is 9.59 Å². The normalized spacial score (nSPS) is 43.6. The number of carbonyl (C=O) groups is 2. The van der Waals surface area contributed by atoms with E-state index in [1.165, 1.54) is 37.7 Å². The molecule has 39 heavy (non-hydrogen) atoms. The molecule has 0 amide bonds. The maximum absolute atomic E-state index is 13.4. The lowest BCUT2D eigenvalue weighted by Gasteiger charge is -2.62. The van der Waals surface area contributed by atoms with Gasteiger partial charge < -0.3 is 4.74 Å². The summed E-state index contributed by atoms with van der Waals surface area (Å²) in [7, 11) is 1.70. The fourth-order valence-electron chi connectivity index (χ4n) is 11.3. The Bertz CT molecular complexity index is 1300. The maximum atomic E-state index is 13.4. The summed E-state index contributed by atoms with van der Waals surface area (Å²) in [5, 5.41) is 0. The van der Waals surface area contributed by atoms with E-state index in [0.29, 0.717) is 17.0 Å². The first kappa shape index (κ1) is 27.0. The molecule has 210 valence electrons. The number of aryl methyl sites for hydroxylation is 1. The number of carbonyl (C=O) groups excluding carboxylic acids is 2. The topological polar surface area (TPSA) is 43.4 Å². The fourth-order valence-corrected chi connectivity index (χ4v) is 11.3. The lowest BCUT2D eigenvalue weighted by molar-refractivity contribution is -0.124. The minimum Gasteiger partial charge on any atom is -0.496 e. The summed E-state index contributed by atoms with van der Waals surface area (Å²) in [5.74, 6) is 2.17. The van der Waals surface area contributed by atoms with Gasteiger partial charge in [0, 0.05) is 35.0 Å². The monoisotopic (exact) mass is 528 g/mol. The van der Waals surface area contributed by atoms with Crippen molar-refractivity contribution in [1.82, 2.24) is 0 Å². The van der Waals surface area contributed by atoms with E-state index in [1.807, 2.05) is 6.07 Å². The van der Waals surface area contributed by atoms with Gasteiger partial charge in [-0.15, -0.1) is 0 Å². The maximum Gasteiger partial charge on any atom is 0.148 e. The van der Waals surface area contributed by atoms with Gasteiger partial charge in [0.05, 0.1) is 7.11 Å². The third-order valence-corrected chi connectivity index (χ3v) is 13.2. The summed E-state index contributed by atoms with van der Waals surface area (Å²) in [6.07, 6.45) is 17.2. The molecule has 0 N–H and O–H groups in total. The first-order chi connectivity index (χ1) is 18.2. The number of ether oxygens (including phenoxy) is 1. The molecule has 0 bridgehead atoms. The average molecular weight is 529 g/mol. The second kappa shape index (κ2) is 8.20. The number of hydrogen-bond donors (Lipinski definition) is 0. The van der Waals surface area contributed by atoms with Crippen molar-refractivity contribution in [1.29, 1.82) is 0 Å². The third kappa shape index (κ3) is 3.06. The predicted octanol–water partition coefficient (Wildman–Crippen LogP) is 8.41. The van der Waals surface area contributed by atoms with E-state index < -0.39 is 0 Å². The molecule has 3 heteroatoms. The highest BCUT2D eigenvalue weighted by Gasteiger charge is 2.74. The molecule has 1 aromatic rings. The van der Waals surface area contributed by atoms with Crippen LogP contribution in [-0.2, 0) is 9.59 Å². The molecule has 0 heterocycles. The molecule has 0 radical (unpaired) electrons. The molecular formula is C36H48O3.